The molecule has 0 saturated heterocycles. The highest BCUT2D eigenvalue weighted by Crippen LogP contribution is 2.29. The van der Waals surface area contributed by atoms with Crippen LogP contribution in [0.25, 0.3) is 5.69 Å². The summed E-state index contributed by atoms with van der Waals surface area (Å²) < 4.78 is 11.7. The first-order valence-electron chi connectivity index (χ1n) is 8.56. The van der Waals surface area contributed by atoms with Gasteiger partial charge >= 0.3 is 5.97 Å². The first kappa shape index (κ1) is 20.4. The summed E-state index contributed by atoms with van der Waals surface area (Å²) in [5.41, 5.74) is 0.582. The number of nitrogens with zero attached hydrogens (tertiary/aromatic N) is 5. The summed E-state index contributed by atoms with van der Waals surface area (Å²) >= 11 is 0. The molecule has 3 rings (SSSR count). The summed E-state index contributed by atoms with van der Waals surface area (Å²) in [7, 11) is 1.36. The van der Waals surface area contributed by atoms with Crippen LogP contribution in [0, 0.1) is 10.1 Å². The zero-order chi connectivity index (χ0) is 21.7. The summed E-state index contributed by atoms with van der Waals surface area (Å²) in [5.74, 6) is -1.20. The Balaban J connectivity index is 1.70. The molecule has 1 heterocycles. The van der Waals surface area contributed by atoms with Crippen molar-refractivity contribution in [3.8, 4) is 11.4 Å². The van der Waals surface area contributed by atoms with E-state index in [4.69, 9.17) is 9.47 Å². The van der Waals surface area contributed by atoms with Crippen LogP contribution < -0.4 is 10.1 Å². The highest BCUT2D eigenvalue weighted by molar-refractivity contribution is 5.98. The number of hydrogen-bond acceptors (Lipinski definition) is 9. The number of tetrazole rings is 1. The predicted molar refractivity (Wildman–Crippen MR) is 102 cm³/mol. The number of methoxy groups -OCH3 is 1. The van der Waals surface area contributed by atoms with Crippen LogP contribution >= 0.6 is 0 Å². The molecule has 30 heavy (non-hydrogen) atoms. The Morgan fingerprint density at radius 2 is 2.03 bits per heavy atom. The Kier molecular flexibility index (Phi) is 5.96. The summed E-state index contributed by atoms with van der Waals surface area (Å²) in [6.45, 7) is 1.38. The predicted octanol–water partition coefficient (Wildman–Crippen LogP) is 1.76. The number of nitro groups is 1. The van der Waals surface area contributed by atoms with Crippen molar-refractivity contribution in [3.05, 3.63) is 64.5 Å². The van der Waals surface area contributed by atoms with Crippen molar-refractivity contribution in [3.63, 3.8) is 0 Å². The molecule has 1 N–H and O–H groups in total. The Bertz CT molecular complexity index is 1080. The number of carbonyl (C=O) groups is 2. The fourth-order valence-electron chi connectivity index (χ4n) is 2.48. The molecule has 0 fully saturated rings. The van der Waals surface area contributed by atoms with E-state index in [1.54, 1.807) is 12.1 Å². The molecule has 1 amide bonds. The molecule has 3 aromatic rings. The van der Waals surface area contributed by atoms with Gasteiger partial charge in [0.05, 0.1) is 29.0 Å². The van der Waals surface area contributed by atoms with Crippen LogP contribution in [-0.4, -0.2) is 50.2 Å². The Hall–Kier alpha value is -4.35. The van der Waals surface area contributed by atoms with E-state index in [2.05, 4.69) is 20.8 Å². The number of anilines is 1. The molecule has 0 radical (unpaired) electrons. The van der Waals surface area contributed by atoms with Gasteiger partial charge in [-0.05, 0) is 41.6 Å². The zero-order valence-corrected chi connectivity index (χ0v) is 15.9. The van der Waals surface area contributed by atoms with Crippen LogP contribution in [-0.2, 0) is 9.53 Å². The second-order valence-corrected chi connectivity index (χ2v) is 5.98. The average Bonchev–Trinajstić information content (AvgIpc) is 3.28. The number of nitrogens with one attached hydrogen (secondary N) is 1. The lowest BCUT2D eigenvalue weighted by Crippen LogP contribution is -2.30. The van der Waals surface area contributed by atoms with Gasteiger partial charge in [0.25, 0.3) is 11.6 Å². The molecule has 2 aromatic carbocycles. The third-order valence-electron chi connectivity index (χ3n) is 4.00. The van der Waals surface area contributed by atoms with E-state index in [1.807, 2.05) is 0 Å². The molecule has 1 atom stereocenters. The molecule has 0 saturated carbocycles. The fraction of sp³-hybridized carbons (Fsp3) is 0.167. The molecule has 0 aliphatic rings. The number of rotatable bonds is 7. The third-order valence-corrected chi connectivity index (χ3v) is 4.00. The van der Waals surface area contributed by atoms with E-state index in [9.17, 15) is 19.7 Å². The molecule has 0 aliphatic heterocycles. The fourth-order valence-corrected chi connectivity index (χ4v) is 2.48. The summed E-state index contributed by atoms with van der Waals surface area (Å²) in [4.78, 5) is 35.2. The van der Waals surface area contributed by atoms with E-state index in [0.717, 1.165) is 6.07 Å². The smallest absolute Gasteiger partial charge is 0.338 e. The largest absolute Gasteiger partial charge is 0.495 e. The number of esters is 1. The van der Waals surface area contributed by atoms with Crippen molar-refractivity contribution < 1.29 is 24.0 Å². The number of benzene rings is 2. The van der Waals surface area contributed by atoms with Crippen molar-refractivity contribution in [1.29, 1.82) is 0 Å². The SMILES string of the molecule is COc1ccc([N+](=O)[O-])cc1NC(=O)[C@H](C)OC(=O)c1cccc(-n2cnnn2)c1. The highest BCUT2D eigenvalue weighted by atomic mass is 16.6. The molecule has 1 aromatic heterocycles. The van der Waals surface area contributed by atoms with Gasteiger partial charge in [-0.2, -0.15) is 0 Å². The maximum Gasteiger partial charge on any atom is 0.338 e. The third kappa shape index (κ3) is 4.55. The first-order chi connectivity index (χ1) is 14.4. The van der Waals surface area contributed by atoms with Gasteiger partial charge in [0.2, 0.25) is 0 Å². The first-order valence-corrected chi connectivity index (χ1v) is 8.56. The van der Waals surface area contributed by atoms with Gasteiger partial charge in [-0.25, -0.2) is 9.48 Å². The Morgan fingerprint density at radius 1 is 1.23 bits per heavy atom. The van der Waals surface area contributed by atoms with Crippen LogP contribution in [0.1, 0.15) is 17.3 Å². The second-order valence-electron chi connectivity index (χ2n) is 5.98. The molecule has 0 unspecified atom stereocenters. The lowest BCUT2D eigenvalue weighted by Gasteiger charge is -2.15. The van der Waals surface area contributed by atoms with Crippen molar-refractivity contribution in [2.45, 2.75) is 13.0 Å². The van der Waals surface area contributed by atoms with E-state index >= 15 is 0 Å². The minimum Gasteiger partial charge on any atom is -0.495 e. The van der Waals surface area contributed by atoms with E-state index in [-0.39, 0.29) is 22.7 Å². The molecule has 0 spiro atoms. The molecule has 12 heteroatoms. The monoisotopic (exact) mass is 412 g/mol. The Labute approximate surface area is 169 Å². The molecule has 12 nitrogen and oxygen atoms in total. The number of amides is 1. The van der Waals surface area contributed by atoms with Gasteiger partial charge in [-0.3, -0.25) is 14.9 Å². The van der Waals surface area contributed by atoms with Gasteiger partial charge in [0.15, 0.2) is 6.10 Å². The highest BCUT2D eigenvalue weighted by Gasteiger charge is 2.22. The summed E-state index contributed by atoms with van der Waals surface area (Å²) in [5, 5.41) is 24.2. The van der Waals surface area contributed by atoms with Crippen LogP contribution in [0.3, 0.4) is 0 Å². The second kappa shape index (κ2) is 8.77. The summed E-state index contributed by atoms with van der Waals surface area (Å²) in [6.07, 6.45) is 0.186. The molecule has 0 bridgehead atoms. The lowest BCUT2D eigenvalue weighted by atomic mass is 10.2. The minimum absolute atomic E-state index is 0.0836. The standard InChI is InChI=1S/C18H16N6O6/c1-11(17(25)20-15-9-14(24(27)28)6-7-16(15)29-2)30-18(26)12-4-3-5-13(8-12)23-10-19-21-22-23/h3-11H,1-2H3,(H,20,25)/t11-/m0/s1. The number of hydrogen-bond donors (Lipinski definition) is 1. The van der Waals surface area contributed by atoms with Crippen LogP contribution in [0.2, 0.25) is 0 Å². The molecular weight excluding hydrogens is 396 g/mol. The van der Waals surface area contributed by atoms with E-state index in [0.29, 0.717) is 5.69 Å². The van der Waals surface area contributed by atoms with Crippen molar-refractivity contribution in [2.75, 3.05) is 12.4 Å². The maximum absolute atomic E-state index is 12.4. The van der Waals surface area contributed by atoms with Gasteiger partial charge in [0, 0.05) is 12.1 Å². The maximum atomic E-state index is 12.4. The number of ether oxygens (including phenoxy) is 2. The average molecular weight is 412 g/mol. The van der Waals surface area contributed by atoms with Crippen molar-refractivity contribution >= 4 is 23.3 Å². The number of aromatic nitrogens is 4. The molecule has 154 valence electrons. The van der Waals surface area contributed by atoms with Gasteiger partial charge in [-0.1, -0.05) is 6.07 Å². The van der Waals surface area contributed by atoms with Crippen LogP contribution in [0.15, 0.2) is 48.8 Å². The van der Waals surface area contributed by atoms with Crippen molar-refractivity contribution in [1.82, 2.24) is 20.2 Å². The molecular formula is C18H16N6O6. The Morgan fingerprint density at radius 3 is 2.70 bits per heavy atom. The van der Waals surface area contributed by atoms with E-state index in [1.165, 1.54) is 49.3 Å². The van der Waals surface area contributed by atoms with E-state index < -0.39 is 22.9 Å². The van der Waals surface area contributed by atoms with Gasteiger partial charge in [-0.15, -0.1) is 5.10 Å². The van der Waals surface area contributed by atoms with Gasteiger partial charge in [0.1, 0.15) is 12.1 Å². The molecule has 0 aliphatic carbocycles. The van der Waals surface area contributed by atoms with Crippen LogP contribution in [0.5, 0.6) is 5.75 Å². The quantitative estimate of drug-likeness (QED) is 0.347. The number of carbonyl (C=O) groups excluding carboxylic acids is 2. The number of nitro benzene ring substituents is 1. The minimum atomic E-state index is -1.18. The number of non-ortho nitro benzene ring substituents is 1. The van der Waals surface area contributed by atoms with Gasteiger partial charge < -0.3 is 14.8 Å². The normalized spacial score (nSPS) is 11.4. The topological polar surface area (TPSA) is 151 Å². The summed E-state index contributed by atoms with van der Waals surface area (Å²) in [6, 6.07) is 10.1. The lowest BCUT2D eigenvalue weighted by molar-refractivity contribution is -0.384. The van der Waals surface area contributed by atoms with Crippen molar-refractivity contribution in [2.24, 2.45) is 0 Å². The zero-order valence-electron chi connectivity index (χ0n) is 15.9. The van der Waals surface area contributed by atoms with Crippen LogP contribution in [0.4, 0.5) is 11.4 Å².